The maximum absolute atomic E-state index is 12.7. The van der Waals surface area contributed by atoms with E-state index in [9.17, 15) is 13.2 Å². The zero-order valence-electron chi connectivity index (χ0n) is 16.8. The lowest BCUT2D eigenvalue weighted by Crippen LogP contribution is -2.49. The topological polar surface area (TPSA) is 104 Å². The van der Waals surface area contributed by atoms with Crippen molar-refractivity contribution < 1.29 is 13.2 Å². The summed E-state index contributed by atoms with van der Waals surface area (Å²) in [5.74, 6) is 0.854. The first-order chi connectivity index (χ1) is 14.3. The van der Waals surface area contributed by atoms with Crippen LogP contribution in [0.15, 0.2) is 47.6 Å². The molecule has 0 saturated carbocycles. The number of amides is 1. The summed E-state index contributed by atoms with van der Waals surface area (Å²) in [5, 5.41) is 12.3. The normalized spacial score (nSPS) is 15.2. The van der Waals surface area contributed by atoms with Gasteiger partial charge in [-0.05, 0) is 29.8 Å². The molecule has 4 rings (SSSR count). The Morgan fingerprint density at radius 2 is 1.73 bits per heavy atom. The smallest absolute Gasteiger partial charge is 0.242 e. The first kappa shape index (κ1) is 20.2. The SMILES string of the molecule is CN(C)S(=O)(=O)c1ccc(CC(=O)N2CCN(c3ccc4nncn4n3)CC2)cc1. The Hall–Kier alpha value is -3.05. The van der Waals surface area contributed by atoms with Gasteiger partial charge in [0.05, 0.1) is 11.3 Å². The number of carbonyl (C=O) groups excluding carboxylic acids is 1. The molecule has 1 aliphatic rings. The number of rotatable bonds is 5. The van der Waals surface area contributed by atoms with E-state index in [-0.39, 0.29) is 17.2 Å². The molecule has 2 aromatic heterocycles. The van der Waals surface area contributed by atoms with Crippen molar-refractivity contribution in [3.63, 3.8) is 0 Å². The number of fused-ring (bicyclic) bond motifs is 1. The van der Waals surface area contributed by atoms with Crippen LogP contribution in [0.25, 0.3) is 5.65 Å². The van der Waals surface area contributed by atoms with Gasteiger partial charge in [0.2, 0.25) is 15.9 Å². The van der Waals surface area contributed by atoms with E-state index in [2.05, 4.69) is 20.2 Å². The average molecular weight is 430 g/mol. The van der Waals surface area contributed by atoms with Crippen LogP contribution >= 0.6 is 0 Å². The minimum atomic E-state index is -3.47. The molecule has 0 unspecified atom stereocenters. The van der Waals surface area contributed by atoms with Crippen molar-refractivity contribution in [2.24, 2.45) is 0 Å². The van der Waals surface area contributed by atoms with Crippen molar-refractivity contribution in [3.05, 3.63) is 48.3 Å². The van der Waals surface area contributed by atoms with Crippen molar-refractivity contribution >= 4 is 27.4 Å². The van der Waals surface area contributed by atoms with Gasteiger partial charge >= 0.3 is 0 Å². The Morgan fingerprint density at radius 1 is 1.03 bits per heavy atom. The lowest BCUT2D eigenvalue weighted by Gasteiger charge is -2.35. The van der Waals surface area contributed by atoms with Crippen LogP contribution in [-0.2, 0) is 21.2 Å². The quantitative estimate of drug-likeness (QED) is 0.573. The maximum Gasteiger partial charge on any atom is 0.242 e. The summed E-state index contributed by atoms with van der Waals surface area (Å²) in [6.07, 6.45) is 1.81. The van der Waals surface area contributed by atoms with Gasteiger partial charge in [-0.1, -0.05) is 12.1 Å². The summed E-state index contributed by atoms with van der Waals surface area (Å²) in [6, 6.07) is 10.3. The molecule has 0 bridgehead atoms. The van der Waals surface area contributed by atoms with Crippen molar-refractivity contribution in [1.29, 1.82) is 0 Å². The third-order valence-electron chi connectivity index (χ3n) is 5.16. The Morgan fingerprint density at radius 3 is 2.40 bits per heavy atom. The number of aromatic nitrogens is 4. The summed E-state index contributed by atoms with van der Waals surface area (Å²) in [5.41, 5.74) is 1.48. The van der Waals surface area contributed by atoms with Gasteiger partial charge in [0.1, 0.15) is 12.1 Å². The number of hydrogen-bond acceptors (Lipinski definition) is 7. The van der Waals surface area contributed by atoms with E-state index in [4.69, 9.17) is 0 Å². The molecule has 3 heterocycles. The number of sulfonamides is 1. The molecule has 11 heteroatoms. The van der Waals surface area contributed by atoms with Crippen LogP contribution in [0.3, 0.4) is 0 Å². The van der Waals surface area contributed by atoms with E-state index in [0.717, 1.165) is 11.4 Å². The Bertz CT molecular complexity index is 1150. The van der Waals surface area contributed by atoms with E-state index in [1.165, 1.54) is 18.4 Å². The van der Waals surface area contributed by atoms with Crippen LogP contribution < -0.4 is 4.90 Å². The van der Waals surface area contributed by atoms with Crippen molar-refractivity contribution in [2.75, 3.05) is 45.2 Å². The van der Waals surface area contributed by atoms with Gasteiger partial charge in [-0.2, -0.15) is 4.52 Å². The molecule has 0 atom stereocenters. The lowest BCUT2D eigenvalue weighted by molar-refractivity contribution is -0.130. The molecule has 1 saturated heterocycles. The predicted octanol–water partition coefficient (Wildman–Crippen LogP) is 0.266. The van der Waals surface area contributed by atoms with E-state index < -0.39 is 10.0 Å². The molecule has 1 fully saturated rings. The third-order valence-corrected chi connectivity index (χ3v) is 6.99. The van der Waals surface area contributed by atoms with E-state index in [1.807, 2.05) is 17.0 Å². The van der Waals surface area contributed by atoms with Crippen LogP contribution in [-0.4, -0.2) is 83.6 Å². The summed E-state index contributed by atoms with van der Waals surface area (Å²) >= 11 is 0. The second-order valence-corrected chi connectivity index (χ2v) is 9.45. The minimum Gasteiger partial charge on any atom is -0.352 e. The van der Waals surface area contributed by atoms with Gasteiger partial charge in [0.25, 0.3) is 0 Å². The molecule has 3 aromatic rings. The zero-order valence-corrected chi connectivity index (χ0v) is 17.7. The van der Waals surface area contributed by atoms with Crippen LogP contribution in [0.4, 0.5) is 5.82 Å². The average Bonchev–Trinajstić information content (AvgIpc) is 3.22. The summed E-state index contributed by atoms with van der Waals surface area (Å²) < 4.78 is 27.1. The highest BCUT2D eigenvalue weighted by Crippen LogP contribution is 2.17. The van der Waals surface area contributed by atoms with Gasteiger partial charge in [-0.25, -0.2) is 12.7 Å². The second kappa shape index (κ2) is 8.00. The number of piperazine rings is 1. The number of anilines is 1. The van der Waals surface area contributed by atoms with Crippen LogP contribution in [0.5, 0.6) is 0 Å². The third kappa shape index (κ3) is 3.98. The number of hydrogen-bond donors (Lipinski definition) is 0. The van der Waals surface area contributed by atoms with E-state index >= 15 is 0 Å². The Labute approximate surface area is 174 Å². The fourth-order valence-corrected chi connectivity index (χ4v) is 4.25. The fourth-order valence-electron chi connectivity index (χ4n) is 3.35. The van der Waals surface area contributed by atoms with Crippen LogP contribution in [0.1, 0.15) is 5.56 Å². The summed E-state index contributed by atoms with van der Waals surface area (Å²) in [6.45, 7) is 2.58. The van der Waals surface area contributed by atoms with Gasteiger partial charge in [0.15, 0.2) is 5.65 Å². The molecule has 1 aromatic carbocycles. The van der Waals surface area contributed by atoms with Crippen LogP contribution in [0, 0.1) is 0 Å². The molecule has 10 nitrogen and oxygen atoms in total. The maximum atomic E-state index is 12.7. The zero-order chi connectivity index (χ0) is 21.3. The molecule has 158 valence electrons. The Kier molecular flexibility index (Phi) is 5.39. The van der Waals surface area contributed by atoms with Crippen molar-refractivity contribution in [2.45, 2.75) is 11.3 Å². The largest absolute Gasteiger partial charge is 0.352 e. The van der Waals surface area contributed by atoms with Gasteiger partial charge in [0, 0.05) is 40.3 Å². The molecular formula is C19H23N7O3S. The summed E-state index contributed by atoms with van der Waals surface area (Å²) in [7, 11) is -0.483. The molecule has 1 amide bonds. The molecule has 30 heavy (non-hydrogen) atoms. The first-order valence-corrected chi connectivity index (χ1v) is 11.0. The Balaban J connectivity index is 1.35. The highest BCUT2D eigenvalue weighted by atomic mass is 32.2. The number of nitrogens with zero attached hydrogens (tertiary/aromatic N) is 7. The number of carbonyl (C=O) groups is 1. The second-order valence-electron chi connectivity index (χ2n) is 7.30. The summed E-state index contributed by atoms with van der Waals surface area (Å²) in [4.78, 5) is 16.9. The standard InChI is InChI=1S/C19H23N7O3S/c1-23(2)30(28,29)16-5-3-15(4-6-16)13-19(27)25-11-9-24(10-12-25)18-8-7-17-21-20-14-26(17)22-18/h3-8,14H,9-13H2,1-2H3. The van der Waals surface area contributed by atoms with Crippen molar-refractivity contribution in [3.8, 4) is 0 Å². The van der Waals surface area contributed by atoms with Gasteiger partial charge in [-0.15, -0.1) is 15.3 Å². The number of benzene rings is 1. The fraction of sp³-hybridized carbons (Fsp3) is 0.368. The highest BCUT2D eigenvalue weighted by molar-refractivity contribution is 7.89. The molecule has 0 spiro atoms. The molecule has 0 radical (unpaired) electrons. The molecular weight excluding hydrogens is 406 g/mol. The van der Waals surface area contributed by atoms with Crippen molar-refractivity contribution in [1.82, 2.24) is 29.0 Å². The first-order valence-electron chi connectivity index (χ1n) is 9.56. The van der Waals surface area contributed by atoms with Crippen LogP contribution in [0.2, 0.25) is 0 Å². The molecule has 1 aliphatic heterocycles. The molecule has 0 N–H and O–H groups in total. The van der Waals surface area contributed by atoms with Gasteiger partial charge in [-0.3, -0.25) is 4.79 Å². The highest BCUT2D eigenvalue weighted by Gasteiger charge is 2.23. The molecule has 0 aliphatic carbocycles. The lowest BCUT2D eigenvalue weighted by atomic mass is 10.1. The predicted molar refractivity (Wildman–Crippen MR) is 111 cm³/mol. The van der Waals surface area contributed by atoms with Gasteiger partial charge < -0.3 is 9.80 Å². The van der Waals surface area contributed by atoms with E-state index in [1.54, 1.807) is 35.1 Å². The minimum absolute atomic E-state index is 0.0279. The monoisotopic (exact) mass is 429 g/mol. The van der Waals surface area contributed by atoms with E-state index in [0.29, 0.717) is 31.8 Å².